The summed E-state index contributed by atoms with van der Waals surface area (Å²) in [5.41, 5.74) is 5.26. The zero-order valence-corrected chi connectivity index (χ0v) is 10.4. The van der Waals surface area contributed by atoms with Crippen molar-refractivity contribution in [2.45, 2.75) is 26.7 Å². The highest BCUT2D eigenvalue weighted by Gasteiger charge is 2.26. The predicted octanol–water partition coefficient (Wildman–Crippen LogP) is 2.18. The first-order valence-electron chi connectivity index (χ1n) is 5.69. The van der Waals surface area contributed by atoms with E-state index in [1.54, 1.807) is 13.0 Å². The highest BCUT2D eigenvalue weighted by Crippen LogP contribution is 2.34. The third-order valence-corrected chi connectivity index (χ3v) is 2.52. The minimum Gasteiger partial charge on any atom is -0.487 e. The predicted molar refractivity (Wildman–Crippen MR) is 66.8 cm³/mol. The number of primary amides is 1. The highest BCUT2D eigenvalue weighted by molar-refractivity contribution is 5.98. The molecule has 0 saturated heterocycles. The van der Waals surface area contributed by atoms with Crippen LogP contribution in [0.1, 0.15) is 35.7 Å². The van der Waals surface area contributed by atoms with Crippen LogP contribution in [0.4, 0.5) is 5.69 Å². The number of hydrogen-bond acceptors (Lipinski definition) is 4. The fraction of sp³-hybridized carbons (Fsp3) is 0.417. The van der Waals surface area contributed by atoms with Crippen LogP contribution in [0.2, 0.25) is 0 Å². The van der Waals surface area contributed by atoms with Crippen molar-refractivity contribution in [2.75, 3.05) is 6.61 Å². The molecule has 1 amide bonds. The molecule has 18 heavy (non-hydrogen) atoms. The normalized spacial score (nSPS) is 10.1. The Balaban J connectivity index is 3.23. The van der Waals surface area contributed by atoms with Gasteiger partial charge in [-0.15, -0.1) is 0 Å². The number of nitrogens with zero attached hydrogens (tertiary/aromatic N) is 1. The van der Waals surface area contributed by atoms with Gasteiger partial charge in [0.25, 0.3) is 5.91 Å². The molecule has 0 bridgehead atoms. The number of nitro groups is 1. The van der Waals surface area contributed by atoms with E-state index < -0.39 is 10.8 Å². The molecule has 1 aromatic rings. The maximum Gasteiger partial charge on any atom is 0.323 e. The fourth-order valence-corrected chi connectivity index (χ4v) is 1.55. The van der Waals surface area contributed by atoms with Crippen LogP contribution in [0.3, 0.4) is 0 Å². The minimum absolute atomic E-state index is 0.128. The third-order valence-electron chi connectivity index (χ3n) is 2.52. The van der Waals surface area contributed by atoms with Gasteiger partial charge in [0.15, 0.2) is 0 Å². The minimum atomic E-state index is -0.831. The van der Waals surface area contributed by atoms with Gasteiger partial charge < -0.3 is 10.5 Å². The summed E-state index contributed by atoms with van der Waals surface area (Å²) in [5.74, 6) is -0.702. The number of unbranched alkanes of at least 4 members (excludes halogenated alkanes) is 1. The quantitative estimate of drug-likeness (QED) is 0.476. The lowest BCUT2D eigenvalue weighted by Gasteiger charge is -2.10. The molecule has 1 aromatic carbocycles. The second kappa shape index (κ2) is 6.00. The largest absolute Gasteiger partial charge is 0.487 e. The summed E-state index contributed by atoms with van der Waals surface area (Å²) in [6, 6.07) is 2.94. The maximum atomic E-state index is 11.2. The van der Waals surface area contributed by atoms with Gasteiger partial charge in [-0.2, -0.15) is 0 Å². The van der Waals surface area contributed by atoms with Crippen LogP contribution in [0, 0.1) is 17.0 Å². The van der Waals surface area contributed by atoms with Crippen molar-refractivity contribution in [1.82, 2.24) is 0 Å². The van der Waals surface area contributed by atoms with Crippen LogP contribution >= 0.6 is 0 Å². The first-order chi connectivity index (χ1) is 8.49. The molecule has 0 aliphatic carbocycles. The van der Waals surface area contributed by atoms with Crippen molar-refractivity contribution < 1.29 is 14.5 Å². The molecule has 98 valence electrons. The van der Waals surface area contributed by atoms with Gasteiger partial charge in [-0.05, 0) is 25.0 Å². The Hall–Kier alpha value is -2.11. The van der Waals surface area contributed by atoms with Gasteiger partial charge in [0.2, 0.25) is 5.75 Å². The Bertz CT molecular complexity index is 471. The highest BCUT2D eigenvalue weighted by atomic mass is 16.6. The van der Waals surface area contributed by atoms with Gasteiger partial charge in [0, 0.05) is 0 Å². The lowest BCUT2D eigenvalue weighted by atomic mass is 10.1. The summed E-state index contributed by atoms with van der Waals surface area (Å²) in [7, 11) is 0. The van der Waals surface area contributed by atoms with Crippen LogP contribution in [-0.2, 0) is 0 Å². The summed E-state index contributed by atoms with van der Waals surface area (Å²) in [6.07, 6.45) is 1.71. The second-order valence-corrected chi connectivity index (χ2v) is 3.93. The molecule has 0 aromatic heterocycles. The molecule has 6 heteroatoms. The van der Waals surface area contributed by atoms with Crippen LogP contribution in [-0.4, -0.2) is 17.4 Å². The smallest absolute Gasteiger partial charge is 0.323 e. The average Bonchev–Trinajstić information content (AvgIpc) is 2.30. The molecule has 0 unspecified atom stereocenters. The maximum absolute atomic E-state index is 11.2. The van der Waals surface area contributed by atoms with E-state index >= 15 is 0 Å². The van der Waals surface area contributed by atoms with Crippen LogP contribution < -0.4 is 10.5 Å². The van der Waals surface area contributed by atoms with Crippen LogP contribution in [0.15, 0.2) is 12.1 Å². The molecule has 0 aliphatic rings. The van der Waals surface area contributed by atoms with Gasteiger partial charge >= 0.3 is 5.69 Å². The Morgan fingerprint density at radius 2 is 2.17 bits per heavy atom. The molecular formula is C12H16N2O4. The summed E-state index contributed by atoms with van der Waals surface area (Å²) >= 11 is 0. The van der Waals surface area contributed by atoms with Gasteiger partial charge in [-0.3, -0.25) is 14.9 Å². The van der Waals surface area contributed by atoms with E-state index in [1.165, 1.54) is 6.07 Å². The van der Waals surface area contributed by atoms with Gasteiger partial charge in [0.05, 0.1) is 11.5 Å². The van der Waals surface area contributed by atoms with Crippen molar-refractivity contribution >= 4 is 11.6 Å². The number of hydrogen-bond donors (Lipinski definition) is 1. The average molecular weight is 252 g/mol. The number of ether oxygens (including phenoxy) is 1. The summed E-state index contributed by atoms with van der Waals surface area (Å²) < 4.78 is 5.41. The molecule has 0 saturated carbocycles. The first kappa shape index (κ1) is 14.0. The topological polar surface area (TPSA) is 95.5 Å². The Labute approximate surface area is 105 Å². The first-order valence-corrected chi connectivity index (χ1v) is 5.69. The lowest BCUT2D eigenvalue weighted by molar-refractivity contribution is -0.386. The molecule has 6 nitrogen and oxygen atoms in total. The Morgan fingerprint density at radius 3 is 2.67 bits per heavy atom. The summed E-state index contributed by atoms with van der Waals surface area (Å²) in [4.78, 5) is 21.6. The van der Waals surface area contributed by atoms with Gasteiger partial charge in [-0.25, -0.2) is 0 Å². The molecule has 0 heterocycles. The van der Waals surface area contributed by atoms with Crippen molar-refractivity contribution in [3.63, 3.8) is 0 Å². The van der Waals surface area contributed by atoms with Crippen molar-refractivity contribution in [3.8, 4) is 5.75 Å². The zero-order valence-electron chi connectivity index (χ0n) is 10.4. The van der Waals surface area contributed by atoms with Crippen LogP contribution in [0.25, 0.3) is 0 Å². The van der Waals surface area contributed by atoms with Crippen molar-refractivity contribution in [2.24, 2.45) is 5.73 Å². The van der Waals surface area contributed by atoms with E-state index in [4.69, 9.17) is 10.5 Å². The number of nitro benzene ring substituents is 1. The molecule has 0 spiro atoms. The van der Waals surface area contributed by atoms with E-state index in [0.29, 0.717) is 12.2 Å². The number of carbonyl (C=O) groups is 1. The molecule has 0 radical (unpaired) electrons. The number of nitrogens with two attached hydrogens (primary N) is 1. The monoisotopic (exact) mass is 252 g/mol. The molecular weight excluding hydrogens is 236 g/mol. The zero-order chi connectivity index (χ0) is 13.7. The molecule has 0 aliphatic heterocycles. The summed E-state index contributed by atoms with van der Waals surface area (Å²) in [6.45, 7) is 4.06. The van der Waals surface area contributed by atoms with E-state index in [1.807, 2.05) is 6.92 Å². The molecule has 0 atom stereocenters. The van der Waals surface area contributed by atoms with Gasteiger partial charge in [-0.1, -0.05) is 19.4 Å². The standard InChI is InChI=1S/C12H16N2O4/c1-3-4-7-18-11-8(2)5-6-9(12(13)15)10(11)14(16)17/h5-6H,3-4,7H2,1-2H3,(H2,13,15). The third kappa shape index (κ3) is 2.97. The van der Waals surface area contributed by atoms with E-state index in [2.05, 4.69) is 0 Å². The van der Waals surface area contributed by atoms with Crippen molar-refractivity contribution in [1.29, 1.82) is 0 Å². The van der Waals surface area contributed by atoms with E-state index in [-0.39, 0.29) is 17.0 Å². The summed E-state index contributed by atoms with van der Waals surface area (Å²) in [5, 5.41) is 11.0. The number of rotatable bonds is 6. The molecule has 2 N–H and O–H groups in total. The lowest BCUT2D eigenvalue weighted by Crippen LogP contribution is -2.15. The molecule has 0 fully saturated rings. The van der Waals surface area contributed by atoms with Crippen molar-refractivity contribution in [3.05, 3.63) is 33.4 Å². The SMILES string of the molecule is CCCCOc1c(C)ccc(C(N)=O)c1[N+](=O)[O-]. The second-order valence-electron chi connectivity index (χ2n) is 3.93. The van der Waals surface area contributed by atoms with E-state index in [0.717, 1.165) is 12.8 Å². The Kier molecular flexibility index (Phi) is 4.65. The van der Waals surface area contributed by atoms with Gasteiger partial charge in [0.1, 0.15) is 5.56 Å². The number of aryl methyl sites for hydroxylation is 1. The fourth-order valence-electron chi connectivity index (χ4n) is 1.55. The van der Waals surface area contributed by atoms with E-state index in [9.17, 15) is 14.9 Å². The number of amides is 1. The number of benzene rings is 1. The molecule has 1 rings (SSSR count). The Morgan fingerprint density at radius 1 is 1.50 bits per heavy atom. The number of carbonyl (C=O) groups excluding carboxylic acids is 1. The van der Waals surface area contributed by atoms with Crippen LogP contribution in [0.5, 0.6) is 5.75 Å².